The molecular weight excluding hydrogens is 400 g/mol. The lowest BCUT2D eigenvalue weighted by Crippen LogP contribution is -2.05. The number of nitrogen functional groups attached to an aromatic ring is 1. The van der Waals surface area contributed by atoms with Crippen LogP contribution in [0.15, 0.2) is 41.5 Å². The molecule has 0 aliphatic heterocycles. The van der Waals surface area contributed by atoms with Gasteiger partial charge in [0.25, 0.3) is 0 Å². The minimum absolute atomic E-state index is 0. The van der Waals surface area contributed by atoms with Crippen LogP contribution >= 0.6 is 0 Å². The van der Waals surface area contributed by atoms with Crippen LogP contribution in [0.25, 0.3) is 10.4 Å². The molecule has 2 aromatic rings. The quantitative estimate of drug-likeness (QED) is 0.169. The van der Waals surface area contributed by atoms with Crippen molar-refractivity contribution in [2.75, 3.05) is 5.73 Å². The topological polar surface area (TPSA) is 74.8 Å². The van der Waals surface area contributed by atoms with Crippen molar-refractivity contribution in [1.82, 2.24) is 0 Å². The van der Waals surface area contributed by atoms with E-state index in [4.69, 9.17) is 11.3 Å². The van der Waals surface area contributed by atoms with Crippen molar-refractivity contribution >= 4 is 11.4 Å². The maximum absolute atomic E-state index is 12.8. The molecule has 2 N–H and O–H groups in total. The van der Waals surface area contributed by atoms with Crippen molar-refractivity contribution in [3.8, 4) is 0 Å². The Bertz CT molecular complexity index is 824. The van der Waals surface area contributed by atoms with Gasteiger partial charge in [0.15, 0.2) is 0 Å². The van der Waals surface area contributed by atoms with Crippen molar-refractivity contribution in [2.45, 2.75) is 27.2 Å². The van der Waals surface area contributed by atoms with Gasteiger partial charge in [-0.05, 0) is 41.9 Å². The Labute approximate surface area is 155 Å². The van der Waals surface area contributed by atoms with Crippen LogP contribution in [-0.4, -0.2) is 0 Å². The Morgan fingerprint density at radius 1 is 0.786 bits per heavy atom. The number of nitrogens with two attached hydrogens (primary N) is 1. The Morgan fingerprint density at radius 2 is 1.21 bits per heavy atom. The van der Waals surface area contributed by atoms with E-state index >= 15 is 0 Å². The molecule has 0 aliphatic rings. The average Bonchev–Trinajstić information content (AvgIpc) is 2.51. The zero-order valence-corrected chi connectivity index (χ0v) is 12.4. The summed E-state index contributed by atoms with van der Waals surface area (Å²) < 4.78 is 97.0. The first-order valence-electron chi connectivity index (χ1n) is 6.40. The highest BCUT2D eigenvalue weighted by molar-refractivity contribution is 5.42. The number of nitrogens with zero attached hydrogens (tertiary/aromatic N) is 3. The van der Waals surface area contributed by atoms with Gasteiger partial charge in [-0.1, -0.05) is 20.0 Å². The summed E-state index contributed by atoms with van der Waals surface area (Å²) in [6.07, 6.45) is -9.12. The molecule has 0 saturated carbocycles. The van der Waals surface area contributed by atoms with Gasteiger partial charge in [-0.2, -0.15) is 26.3 Å². The minimum atomic E-state index is -4.60. The third kappa shape index (κ3) is 7.70. The monoisotopic (exact) mass is 416 g/mol. The number of benzene rings is 2. The normalized spacial score (nSPS) is 10.4. The second-order valence-corrected chi connectivity index (χ2v) is 4.59. The Hall–Kier alpha value is -3.01. The molecule has 0 unspecified atom stereocenters. The Morgan fingerprint density at radius 3 is 1.57 bits per heavy atom. The molecule has 156 valence electrons. The van der Waals surface area contributed by atoms with Gasteiger partial charge in [0.1, 0.15) is 11.6 Å². The molecule has 2 aromatic carbocycles. The van der Waals surface area contributed by atoms with E-state index in [-0.39, 0.29) is 26.6 Å². The summed E-state index contributed by atoms with van der Waals surface area (Å²) in [7, 11) is 0. The summed E-state index contributed by atoms with van der Waals surface area (Å²) in [6.45, 7) is 0. The minimum Gasteiger partial charge on any atom is -0.396 e. The van der Waals surface area contributed by atoms with E-state index in [1.807, 2.05) is 0 Å². The summed E-state index contributed by atoms with van der Waals surface area (Å²) in [5.41, 5.74) is 10.0. The van der Waals surface area contributed by atoms with Crippen LogP contribution in [0.3, 0.4) is 0 Å². The molecule has 0 spiro atoms. The molecule has 0 radical (unpaired) electrons. The van der Waals surface area contributed by atoms with Gasteiger partial charge in [-0.25, -0.2) is 8.78 Å². The fraction of sp³-hybridized carbons (Fsp3) is 0.250. The van der Waals surface area contributed by atoms with E-state index in [0.717, 1.165) is 18.2 Å². The average molecular weight is 416 g/mol. The van der Waals surface area contributed by atoms with Crippen LogP contribution in [0.5, 0.6) is 0 Å². The molecule has 0 aliphatic carbocycles. The van der Waals surface area contributed by atoms with Gasteiger partial charge in [0.2, 0.25) is 0 Å². The first kappa shape index (κ1) is 27.2. The number of anilines is 1. The second kappa shape index (κ2) is 10.4. The number of alkyl halides is 6. The smallest absolute Gasteiger partial charge is 0.396 e. The van der Waals surface area contributed by atoms with Crippen molar-refractivity contribution in [3.63, 3.8) is 0 Å². The number of rotatable bonds is 1. The summed E-state index contributed by atoms with van der Waals surface area (Å²) in [5.74, 6) is -2.25. The van der Waals surface area contributed by atoms with Crippen molar-refractivity contribution < 1.29 is 35.1 Å². The van der Waals surface area contributed by atoms with E-state index in [1.54, 1.807) is 0 Å². The molecule has 2 rings (SSSR count). The molecule has 0 saturated heterocycles. The first-order chi connectivity index (χ1) is 11.9. The molecule has 4 nitrogen and oxygen atoms in total. The maximum Gasteiger partial charge on any atom is 0.416 e. The summed E-state index contributed by atoms with van der Waals surface area (Å²) >= 11 is 0. The number of hydrogen-bond donors (Lipinski definition) is 1. The van der Waals surface area contributed by atoms with Crippen LogP contribution in [0, 0.1) is 11.6 Å². The summed E-state index contributed by atoms with van der Waals surface area (Å²) in [5, 5.41) is 2.87. The van der Waals surface area contributed by atoms with Gasteiger partial charge >= 0.3 is 12.4 Å². The van der Waals surface area contributed by atoms with Gasteiger partial charge in [0.05, 0.1) is 22.5 Å². The van der Waals surface area contributed by atoms with Crippen LogP contribution < -0.4 is 5.73 Å². The van der Waals surface area contributed by atoms with E-state index in [1.165, 1.54) is 0 Å². The molecule has 0 atom stereocenters. The number of hydrogen-bond acceptors (Lipinski definition) is 2. The SMILES string of the molecule is C.C.Nc1ccc(C(F)(F)F)cc1F.[N-]=[N+]=Nc1ccc(C(F)(F)F)cc1F. The fourth-order valence-corrected chi connectivity index (χ4v) is 1.52. The second-order valence-electron chi connectivity index (χ2n) is 4.59. The van der Waals surface area contributed by atoms with Gasteiger partial charge in [-0.15, -0.1) is 0 Å². The third-order valence-electron chi connectivity index (χ3n) is 2.76. The Balaban J connectivity index is 0. The highest BCUT2D eigenvalue weighted by Gasteiger charge is 2.31. The van der Waals surface area contributed by atoms with Crippen LogP contribution in [0.4, 0.5) is 46.5 Å². The van der Waals surface area contributed by atoms with Crippen molar-refractivity contribution in [1.29, 1.82) is 0 Å². The molecular formula is C16H16F8N4. The van der Waals surface area contributed by atoms with Gasteiger partial charge in [0, 0.05) is 4.91 Å². The lowest BCUT2D eigenvalue weighted by Gasteiger charge is -2.06. The number of halogens is 8. The van der Waals surface area contributed by atoms with Crippen LogP contribution in [0.2, 0.25) is 0 Å². The van der Waals surface area contributed by atoms with Crippen molar-refractivity contribution in [2.24, 2.45) is 5.11 Å². The standard InChI is InChI=1S/C7H3F4N3.C7H5F4N.2CH4/c8-5-3-4(7(9,10)11)1-2-6(5)13-14-12;8-5-3-4(7(9,10)11)1-2-6(5)12;;/h1-3H;1-3H,12H2;2*1H4. The third-order valence-corrected chi connectivity index (χ3v) is 2.76. The molecule has 12 heteroatoms. The number of azide groups is 1. The largest absolute Gasteiger partial charge is 0.416 e. The predicted molar refractivity (Wildman–Crippen MR) is 89.5 cm³/mol. The lowest BCUT2D eigenvalue weighted by molar-refractivity contribution is -0.138. The Kier molecular flexibility index (Phi) is 10.1. The highest BCUT2D eigenvalue weighted by Crippen LogP contribution is 2.32. The summed E-state index contributed by atoms with van der Waals surface area (Å²) in [6, 6.07) is 3.70. The van der Waals surface area contributed by atoms with Gasteiger partial charge in [-0.3, -0.25) is 0 Å². The zero-order chi connectivity index (χ0) is 20.1. The lowest BCUT2D eigenvalue weighted by atomic mass is 10.2. The molecule has 0 heterocycles. The molecule has 0 fully saturated rings. The molecule has 0 aromatic heterocycles. The first-order valence-corrected chi connectivity index (χ1v) is 6.40. The van der Waals surface area contributed by atoms with E-state index < -0.39 is 40.8 Å². The molecule has 28 heavy (non-hydrogen) atoms. The van der Waals surface area contributed by atoms with Gasteiger partial charge < -0.3 is 5.73 Å². The molecule has 0 amide bonds. The summed E-state index contributed by atoms with van der Waals surface area (Å²) in [4.78, 5) is 2.26. The van der Waals surface area contributed by atoms with Crippen LogP contribution in [-0.2, 0) is 12.4 Å². The highest BCUT2D eigenvalue weighted by atomic mass is 19.4. The predicted octanol–water partition coefficient (Wildman–Crippen LogP) is 7.49. The van der Waals surface area contributed by atoms with Crippen LogP contribution in [0.1, 0.15) is 26.0 Å². The van der Waals surface area contributed by atoms with E-state index in [2.05, 4.69) is 10.0 Å². The van der Waals surface area contributed by atoms with E-state index in [9.17, 15) is 35.1 Å². The van der Waals surface area contributed by atoms with Crippen molar-refractivity contribution in [3.05, 3.63) is 69.6 Å². The fourth-order valence-electron chi connectivity index (χ4n) is 1.52. The molecule has 0 bridgehead atoms. The van der Waals surface area contributed by atoms with E-state index in [0.29, 0.717) is 12.1 Å². The maximum atomic E-state index is 12.8. The zero-order valence-electron chi connectivity index (χ0n) is 12.4.